The van der Waals surface area contributed by atoms with E-state index in [2.05, 4.69) is 6.92 Å². The van der Waals surface area contributed by atoms with Crippen LogP contribution in [0, 0.1) is 0 Å². The molecule has 0 aliphatic heterocycles. The molecule has 64 valence electrons. The molecule has 0 aromatic rings. The fourth-order valence-corrected chi connectivity index (χ4v) is 0.965. The lowest BCUT2D eigenvalue weighted by molar-refractivity contribution is -0.123. The predicted octanol–water partition coefficient (Wildman–Crippen LogP) is 2.29. The Bertz CT molecular complexity index is 143. The van der Waals surface area contributed by atoms with Crippen LogP contribution in [0.15, 0.2) is 0 Å². The lowest BCUT2D eigenvalue weighted by atomic mass is 10.1. The SMILES string of the molecule is CCCCCC(=O)CC(=O)Cl. The molecular formula is C8H13ClO2. The highest BCUT2D eigenvalue weighted by Gasteiger charge is 2.05. The van der Waals surface area contributed by atoms with Crippen LogP contribution in [-0.2, 0) is 9.59 Å². The summed E-state index contributed by atoms with van der Waals surface area (Å²) in [5, 5.41) is -0.550. The van der Waals surface area contributed by atoms with Crippen molar-refractivity contribution in [2.75, 3.05) is 0 Å². The van der Waals surface area contributed by atoms with Gasteiger partial charge >= 0.3 is 0 Å². The molecule has 0 N–H and O–H groups in total. The smallest absolute Gasteiger partial charge is 0.229 e. The average Bonchev–Trinajstić information content (AvgIpc) is 1.86. The van der Waals surface area contributed by atoms with Gasteiger partial charge < -0.3 is 0 Å². The number of ketones is 1. The van der Waals surface area contributed by atoms with Gasteiger partial charge in [-0.1, -0.05) is 19.8 Å². The molecule has 0 fully saturated rings. The zero-order valence-corrected chi connectivity index (χ0v) is 7.49. The molecule has 0 rings (SSSR count). The molecule has 0 saturated heterocycles. The van der Waals surface area contributed by atoms with Crippen LogP contribution in [0.25, 0.3) is 0 Å². The summed E-state index contributed by atoms with van der Waals surface area (Å²) in [4.78, 5) is 21.1. The van der Waals surface area contributed by atoms with Crippen LogP contribution in [0.2, 0.25) is 0 Å². The van der Waals surface area contributed by atoms with E-state index < -0.39 is 5.24 Å². The summed E-state index contributed by atoms with van der Waals surface area (Å²) >= 11 is 5.03. The lowest BCUT2D eigenvalue weighted by Gasteiger charge is -1.95. The molecule has 0 heterocycles. The predicted molar refractivity (Wildman–Crippen MR) is 44.6 cm³/mol. The van der Waals surface area contributed by atoms with E-state index in [0.717, 1.165) is 19.3 Å². The summed E-state index contributed by atoms with van der Waals surface area (Å²) in [5.74, 6) is -0.0431. The highest BCUT2D eigenvalue weighted by Crippen LogP contribution is 2.02. The molecule has 3 heteroatoms. The monoisotopic (exact) mass is 176 g/mol. The van der Waals surface area contributed by atoms with E-state index in [4.69, 9.17) is 11.6 Å². The normalized spacial score (nSPS) is 9.64. The van der Waals surface area contributed by atoms with Gasteiger partial charge in [-0.3, -0.25) is 9.59 Å². The average molecular weight is 177 g/mol. The molecule has 0 aromatic carbocycles. The van der Waals surface area contributed by atoms with Crippen LogP contribution >= 0.6 is 11.6 Å². The number of hydrogen-bond donors (Lipinski definition) is 0. The van der Waals surface area contributed by atoms with E-state index in [0.29, 0.717) is 6.42 Å². The van der Waals surface area contributed by atoms with Crippen molar-refractivity contribution in [2.45, 2.75) is 39.0 Å². The van der Waals surface area contributed by atoms with Gasteiger partial charge in [-0.15, -0.1) is 0 Å². The molecule has 0 unspecified atom stereocenters. The standard InChI is InChI=1S/C8H13ClO2/c1-2-3-4-5-7(10)6-8(9)11/h2-6H2,1H3. The molecule has 0 atom stereocenters. The summed E-state index contributed by atoms with van der Waals surface area (Å²) in [6, 6.07) is 0. The summed E-state index contributed by atoms with van der Waals surface area (Å²) < 4.78 is 0. The molecule has 0 aromatic heterocycles. The fraction of sp³-hybridized carbons (Fsp3) is 0.750. The Morgan fingerprint density at radius 2 is 1.91 bits per heavy atom. The molecule has 0 aliphatic rings. The van der Waals surface area contributed by atoms with Crippen LogP contribution in [0.4, 0.5) is 0 Å². The van der Waals surface area contributed by atoms with Gasteiger partial charge in [-0.05, 0) is 18.0 Å². The highest BCUT2D eigenvalue weighted by atomic mass is 35.5. The number of unbranched alkanes of at least 4 members (excludes halogenated alkanes) is 2. The van der Waals surface area contributed by atoms with Crippen molar-refractivity contribution >= 4 is 22.6 Å². The van der Waals surface area contributed by atoms with Crippen molar-refractivity contribution in [3.63, 3.8) is 0 Å². The molecule has 0 aliphatic carbocycles. The first kappa shape index (κ1) is 10.6. The maximum atomic E-state index is 10.8. The molecular weight excluding hydrogens is 164 g/mol. The van der Waals surface area contributed by atoms with Crippen LogP contribution in [0.3, 0.4) is 0 Å². The van der Waals surface area contributed by atoms with Gasteiger partial charge in [0.1, 0.15) is 5.78 Å². The second-order valence-electron chi connectivity index (χ2n) is 2.53. The Balaban J connectivity index is 3.30. The van der Waals surface area contributed by atoms with Crippen molar-refractivity contribution < 1.29 is 9.59 Å². The number of halogens is 1. The van der Waals surface area contributed by atoms with Crippen LogP contribution in [0.1, 0.15) is 39.0 Å². The first-order chi connectivity index (χ1) is 5.16. The zero-order valence-electron chi connectivity index (χ0n) is 6.73. The Kier molecular flexibility index (Phi) is 6.13. The highest BCUT2D eigenvalue weighted by molar-refractivity contribution is 6.64. The second kappa shape index (κ2) is 6.35. The van der Waals surface area contributed by atoms with Crippen LogP contribution < -0.4 is 0 Å². The Hall–Kier alpha value is -0.370. The van der Waals surface area contributed by atoms with Crippen molar-refractivity contribution in [2.24, 2.45) is 0 Å². The fourth-order valence-electron chi connectivity index (χ4n) is 0.816. The Morgan fingerprint density at radius 3 is 2.36 bits per heavy atom. The largest absolute Gasteiger partial charge is 0.299 e. The maximum Gasteiger partial charge on any atom is 0.229 e. The summed E-state index contributed by atoms with van der Waals surface area (Å²) in [6.07, 6.45) is 3.39. The topological polar surface area (TPSA) is 34.1 Å². The van der Waals surface area contributed by atoms with E-state index in [-0.39, 0.29) is 12.2 Å². The Labute approximate surface area is 71.9 Å². The van der Waals surface area contributed by atoms with E-state index in [9.17, 15) is 9.59 Å². The second-order valence-corrected chi connectivity index (χ2v) is 2.95. The van der Waals surface area contributed by atoms with Gasteiger partial charge in [0.2, 0.25) is 5.24 Å². The molecule has 0 amide bonds. The van der Waals surface area contributed by atoms with Gasteiger partial charge in [0.15, 0.2) is 0 Å². The quantitative estimate of drug-likeness (QED) is 0.354. The van der Waals surface area contributed by atoms with Crippen molar-refractivity contribution in [3.8, 4) is 0 Å². The summed E-state index contributed by atoms with van der Waals surface area (Å²) in [7, 11) is 0. The molecule has 0 bridgehead atoms. The summed E-state index contributed by atoms with van der Waals surface area (Å²) in [5.41, 5.74) is 0. The minimum absolute atomic E-state index is 0.0431. The Morgan fingerprint density at radius 1 is 1.27 bits per heavy atom. The van der Waals surface area contributed by atoms with Gasteiger partial charge in [0, 0.05) is 6.42 Å². The van der Waals surface area contributed by atoms with Crippen molar-refractivity contribution in [3.05, 3.63) is 0 Å². The number of Topliss-reactive ketones (excluding diaryl/α,β-unsaturated/α-hetero) is 1. The lowest BCUT2D eigenvalue weighted by Crippen LogP contribution is -2.01. The molecule has 0 radical (unpaired) electrons. The first-order valence-corrected chi connectivity index (χ1v) is 4.24. The minimum atomic E-state index is -0.550. The van der Waals surface area contributed by atoms with Gasteiger partial charge in [-0.2, -0.15) is 0 Å². The minimum Gasteiger partial charge on any atom is -0.299 e. The van der Waals surface area contributed by atoms with E-state index in [1.165, 1.54) is 0 Å². The van der Waals surface area contributed by atoms with E-state index >= 15 is 0 Å². The van der Waals surface area contributed by atoms with Gasteiger partial charge in [-0.25, -0.2) is 0 Å². The molecule has 2 nitrogen and oxygen atoms in total. The molecule has 11 heavy (non-hydrogen) atoms. The van der Waals surface area contributed by atoms with Crippen molar-refractivity contribution in [1.82, 2.24) is 0 Å². The van der Waals surface area contributed by atoms with Crippen LogP contribution in [-0.4, -0.2) is 11.0 Å². The first-order valence-electron chi connectivity index (χ1n) is 3.86. The third-order valence-corrected chi connectivity index (χ3v) is 1.53. The van der Waals surface area contributed by atoms with Crippen LogP contribution in [0.5, 0.6) is 0 Å². The zero-order chi connectivity index (χ0) is 8.69. The third-order valence-electron chi connectivity index (χ3n) is 1.40. The number of hydrogen-bond acceptors (Lipinski definition) is 2. The van der Waals surface area contributed by atoms with Crippen molar-refractivity contribution in [1.29, 1.82) is 0 Å². The number of carbonyl (C=O) groups excluding carboxylic acids is 2. The number of carbonyl (C=O) groups is 2. The van der Waals surface area contributed by atoms with Gasteiger partial charge in [0.25, 0.3) is 0 Å². The maximum absolute atomic E-state index is 10.8. The summed E-state index contributed by atoms with van der Waals surface area (Å²) in [6.45, 7) is 2.07. The van der Waals surface area contributed by atoms with E-state index in [1.54, 1.807) is 0 Å². The molecule has 0 spiro atoms. The van der Waals surface area contributed by atoms with E-state index in [1.807, 2.05) is 0 Å². The molecule has 0 saturated carbocycles. The van der Waals surface area contributed by atoms with Gasteiger partial charge in [0.05, 0.1) is 6.42 Å². The third kappa shape index (κ3) is 7.53. The number of rotatable bonds is 6.